The SMILES string of the molecule is COC(=O)c1c(NC(=O)CN2CCCCC2)sc(C)c1C. The van der Waals surface area contributed by atoms with Crippen molar-refractivity contribution in [2.24, 2.45) is 0 Å². The molecule has 6 heteroatoms. The minimum absolute atomic E-state index is 0.0664. The molecule has 21 heavy (non-hydrogen) atoms. The summed E-state index contributed by atoms with van der Waals surface area (Å²) in [5, 5.41) is 3.47. The van der Waals surface area contributed by atoms with Gasteiger partial charge in [0.1, 0.15) is 5.00 Å². The van der Waals surface area contributed by atoms with E-state index in [4.69, 9.17) is 4.74 Å². The maximum absolute atomic E-state index is 12.2. The lowest BCUT2D eigenvalue weighted by Crippen LogP contribution is -2.36. The van der Waals surface area contributed by atoms with Gasteiger partial charge in [-0.25, -0.2) is 4.79 Å². The van der Waals surface area contributed by atoms with Crippen molar-refractivity contribution in [3.8, 4) is 0 Å². The smallest absolute Gasteiger partial charge is 0.341 e. The van der Waals surface area contributed by atoms with Crippen molar-refractivity contribution in [3.63, 3.8) is 0 Å². The number of ether oxygens (including phenoxy) is 1. The van der Waals surface area contributed by atoms with E-state index >= 15 is 0 Å². The van der Waals surface area contributed by atoms with Gasteiger partial charge in [0.15, 0.2) is 0 Å². The third-order valence-corrected chi connectivity index (χ3v) is 4.97. The number of amides is 1. The number of carbonyl (C=O) groups is 2. The summed E-state index contributed by atoms with van der Waals surface area (Å²) in [5.74, 6) is -0.464. The molecule has 1 aliphatic heterocycles. The second-order valence-corrected chi connectivity index (χ2v) is 6.59. The Morgan fingerprint density at radius 3 is 2.52 bits per heavy atom. The van der Waals surface area contributed by atoms with Gasteiger partial charge in [-0.15, -0.1) is 11.3 Å². The van der Waals surface area contributed by atoms with Crippen molar-refractivity contribution in [2.45, 2.75) is 33.1 Å². The minimum atomic E-state index is -0.398. The van der Waals surface area contributed by atoms with Crippen LogP contribution in [0.5, 0.6) is 0 Å². The molecule has 5 nitrogen and oxygen atoms in total. The summed E-state index contributed by atoms with van der Waals surface area (Å²) in [6.07, 6.45) is 3.55. The molecule has 1 aromatic heterocycles. The standard InChI is InChI=1S/C15H22N2O3S/c1-10-11(2)21-14(13(10)15(19)20-3)16-12(18)9-17-7-5-4-6-8-17/h4-9H2,1-3H3,(H,16,18). The lowest BCUT2D eigenvalue weighted by Gasteiger charge is -2.25. The van der Waals surface area contributed by atoms with Crippen molar-refractivity contribution < 1.29 is 14.3 Å². The first-order valence-electron chi connectivity index (χ1n) is 7.23. The Kier molecular flexibility index (Phi) is 5.36. The van der Waals surface area contributed by atoms with E-state index in [0.717, 1.165) is 36.4 Å². The number of hydrogen-bond acceptors (Lipinski definition) is 5. The molecule has 1 amide bonds. The van der Waals surface area contributed by atoms with Crippen LogP contribution in [0.3, 0.4) is 0 Å². The summed E-state index contributed by atoms with van der Waals surface area (Å²) >= 11 is 1.42. The molecule has 1 aliphatic rings. The number of hydrogen-bond donors (Lipinski definition) is 1. The molecule has 116 valence electrons. The number of anilines is 1. The highest BCUT2D eigenvalue weighted by molar-refractivity contribution is 7.16. The first-order chi connectivity index (χ1) is 10.0. The molecule has 1 N–H and O–H groups in total. The monoisotopic (exact) mass is 310 g/mol. The number of likely N-dealkylation sites (tertiary alicyclic amines) is 1. The van der Waals surface area contributed by atoms with Gasteiger partial charge in [-0.1, -0.05) is 6.42 Å². The molecule has 2 rings (SSSR count). The zero-order chi connectivity index (χ0) is 15.4. The van der Waals surface area contributed by atoms with Gasteiger partial charge >= 0.3 is 5.97 Å². The molecule has 1 saturated heterocycles. The molecule has 0 spiro atoms. The van der Waals surface area contributed by atoms with Gasteiger partial charge in [0.2, 0.25) is 5.91 Å². The van der Waals surface area contributed by atoms with Gasteiger partial charge in [0.05, 0.1) is 19.2 Å². The Hall–Kier alpha value is -1.40. The van der Waals surface area contributed by atoms with Gasteiger partial charge in [0, 0.05) is 4.88 Å². The van der Waals surface area contributed by atoms with E-state index < -0.39 is 5.97 Å². The van der Waals surface area contributed by atoms with Crippen molar-refractivity contribution in [1.29, 1.82) is 0 Å². The molecule has 0 bridgehead atoms. The third-order valence-electron chi connectivity index (χ3n) is 3.84. The van der Waals surface area contributed by atoms with E-state index in [9.17, 15) is 9.59 Å². The first-order valence-corrected chi connectivity index (χ1v) is 8.05. The number of rotatable bonds is 4. The first kappa shape index (κ1) is 16.0. The Labute approximate surface area is 129 Å². The summed E-state index contributed by atoms with van der Waals surface area (Å²) in [7, 11) is 1.36. The van der Waals surface area contributed by atoms with Crippen molar-refractivity contribution in [1.82, 2.24) is 4.90 Å². The van der Waals surface area contributed by atoms with Crippen LogP contribution in [0.2, 0.25) is 0 Å². The second-order valence-electron chi connectivity index (χ2n) is 5.36. The lowest BCUT2D eigenvalue weighted by molar-refractivity contribution is -0.117. The van der Waals surface area contributed by atoms with Crippen LogP contribution in [-0.4, -0.2) is 43.5 Å². The minimum Gasteiger partial charge on any atom is -0.465 e. The predicted molar refractivity (Wildman–Crippen MR) is 84.1 cm³/mol. The second kappa shape index (κ2) is 7.04. The van der Waals surface area contributed by atoms with E-state index in [0.29, 0.717) is 17.1 Å². The summed E-state index contributed by atoms with van der Waals surface area (Å²) in [4.78, 5) is 27.2. The third kappa shape index (κ3) is 3.83. The van der Waals surface area contributed by atoms with Gasteiger partial charge in [-0.05, 0) is 45.3 Å². The fourth-order valence-electron chi connectivity index (χ4n) is 2.55. The quantitative estimate of drug-likeness (QED) is 0.868. The van der Waals surface area contributed by atoms with Gasteiger partial charge in [-0.2, -0.15) is 0 Å². The number of aryl methyl sites for hydroxylation is 1. The molecule has 0 saturated carbocycles. The van der Waals surface area contributed by atoms with Crippen molar-refractivity contribution in [2.75, 3.05) is 32.1 Å². The van der Waals surface area contributed by atoms with Crippen molar-refractivity contribution >= 4 is 28.2 Å². The number of piperidine rings is 1. The average molecular weight is 310 g/mol. The Balaban J connectivity index is 2.06. The van der Waals surface area contributed by atoms with Gasteiger partial charge < -0.3 is 10.1 Å². The fraction of sp³-hybridized carbons (Fsp3) is 0.600. The van der Waals surface area contributed by atoms with E-state index in [2.05, 4.69) is 10.2 Å². The molecule has 2 heterocycles. The molecule has 1 aromatic rings. The van der Waals surface area contributed by atoms with E-state index in [-0.39, 0.29) is 5.91 Å². The Morgan fingerprint density at radius 2 is 1.90 bits per heavy atom. The zero-order valence-corrected chi connectivity index (χ0v) is 13.6. The predicted octanol–water partition coefficient (Wildman–Crippen LogP) is 2.58. The zero-order valence-electron chi connectivity index (χ0n) is 12.8. The molecule has 0 aliphatic carbocycles. The van der Waals surface area contributed by atoms with Gasteiger partial charge in [0.25, 0.3) is 0 Å². The number of carbonyl (C=O) groups excluding carboxylic acids is 2. The molecule has 0 radical (unpaired) electrons. The summed E-state index contributed by atoms with van der Waals surface area (Å²) in [6.45, 7) is 6.14. The van der Waals surface area contributed by atoms with Crippen LogP contribution in [0.1, 0.15) is 40.1 Å². The van der Waals surface area contributed by atoms with Crippen LogP contribution in [0.15, 0.2) is 0 Å². The molecule has 0 aromatic carbocycles. The lowest BCUT2D eigenvalue weighted by atomic mass is 10.1. The van der Waals surface area contributed by atoms with Gasteiger partial charge in [-0.3, -0.25) is 9.69 Å². The number of esters is 1. The topological polar surface area (TPSA) is 58.6 Å². The van der Waals surface area contributed by atoms with E-state index in [1.54, 1.807) is 0 Å². The maximum atomic E-state index is 12.2. The van der Waals surface area contributed by atoms with Crippen LogP contribution in [0.4, 0.5) is 5.00 Å². The average Bonchev–Trinajstić information content (AvgIpc) is 2.74. The number of nitrogens with one attached hydrogen (secondary N) is 1. The molecule has 1 fully saturated rings. The van der Waals surface area contributed by atoms with Crippen LogP contribution in [0, 0.1) is 13.8 Å². The van der Waals surface area contributed by atoms with E-state index in [1.807, 2.05) is 13.8 Å². The van der Waals surface area contributed by atoms with Crippen LogP contribution in [-0.2, 0) is 9.53 Å². The highest BCUT2D eigenvalue weighted by Gasteiger charge is 2.22. The van der Waals surface area contributed by atoms with Crippen LogP contribution >= 0.6 is 11.3 Å². The highest BCUT2D eigenvalue weighted by atomic mass is 32.1. The summed E-state index contributed by atoms with van der Waals surface area (Å²) in [6, 6.07) is 0. The maximum Gasteiger partial charge on any atom is 0.341 e. The van der Waals surface area contributed by atoms with Crippen molar-refractivity contribution in [3.05, 3.63) is 16.0 Å². The Morgan fingerprint density at radius 1 is 1.24 bits per heavy atom. The molecule has 0 unspecified atom stereocenters. The van der Waals surface area contributed by atoms with Crippen LogP contribution in [0.25, 0.3) is 0 Å². The molecular weight excluding hydrogens is 288 g/mol. The van der Waals surface area contributed by atoms with E-state index in [1.165, 1.54) is 24.9 Å². The number of nitrogens with zero attached hydrogens (tertiary/aromatic N) is 1. The fourth-order valence-corrected chi connectivity index (χ4v) is 3.61. The summed E-state index contributed by atoms with van der Waals surface area (Å²) < 4.78 is 4.81. The number of thiophene rings is 1. The Bertz CT molecular complexity index is 533. The summed E-state index contributed by atoms with van der Waals surface area (Å²) in [5.41, 5.74) is 1.35. The largest absolute Gasteiger partial charge is 0.465 e. The molecular formula is C15H22N2O3S. The van der Waals surface area contributed by atoms with Crippen LogP contribution < -0.4 is 5.32 Å². The highest BCUT2D eigenvalue weighted by Crippen LogP contribution is 2.32. The number of methoxy groups -OCH3 is 1. The normalized spacial score (nSPS) is 15.8. The molecule has 0 atom stereocenters.